The summed E-state index contributed by atoms with van der Waals surface area (Å²) in [5.41, 5.74) is 8.20. The fourth-order valence-electron chi connectivity index (χ4n) is 2.22. The predicted molar refractivity (Wildman–Crippen MR) is 98.3 cm³/mol. The average Bonchev–Trinajstić information content (AvgIpc) is 2.57. The van der Waals surface area contributed by atoms with E-state index in [9.17, 15) is 4.79 Å². The molecule has 2 aromatic carbocycles. The molecule has 2 rings (SSSR count). The van der Waals surface area contributed by atoms with Gasteiger partial charge in [0.2, 0.25) is 0 Å². The van der Waals surface area contributed by atoms with Crippen LogP contribution in [0.1, 0.15) is 36.2 Å². The Morgan fingerprint density at radius 1 is 1.08 bits per heavy atom. The van der Waals surface area contributed by atoms with E-state index in [1.54, 1.807) is 12.1 Å². The predicted octanol–water partition coefficient (Wildman–Crippen LogP) is 3.67. The van der Waals surface area contributed by atoms with Gasteiger partial charge in [0, 0.05) is 17.8 Å². The van der Waals surface area contributed by atoms with Gasteiger partial charge in [-0.2, -0.15) is 0 Å². The molecule has 128 valence electrons. The van der Waals surface area contributed by atoms with Crippen LogP contribution in [0, 0.1) is 5.92 Å². The topological polar surface area (TPSA) is 64.3 Å². The third-order valence-corrected chi connectivity index (χ3v) is 3.76. The molecule has 0 atom stereocenters. The van der Waals surface area contributed by atoms with Crippen LogP contribution in [0.4, 0.5) is 5.69 Å². The Morgan fingerprint density at radius 3 is 2.38 bits per heavy atom. The van der Waals surface area contributed by atoms with Gasteiger partial charge in [-0.25, -0.2) is 0 Å². The highest BCUT2D eigenvalue weighted by molar-refractivity contribution is 5.94. The molecule has 0 saturated carbocycles. The Labute approximate surface area is 144 Å². The highest BCUT2D eigenvalue weighted by atomic mass is 16.5. The molecule has 4 nitrogen and oxygen atoms in total. The number of anilines is 1. The maximum Gasteiger partial charge on any atom is 0.251 e. The van der Waals surface area contributed by atoms with Gasteiger partial charge < -0.3 is 15.8 Å². The molecule has 0 aliphatic carbocycles. The molecular formula is C20H26N2O2. The van der Waals surface area contributed by atoms with Gasteiger partial charge in [-0.3, -0.25) is 4.79 Å². The van der Waals surface area contributed by atoms with Crippen LogP contribution in [0.2, 0.25) is 0 Å². The van der Waals surface area contributed by atoms with Crippen molar-refractivity contribution in [3.05, 3.63) is 59.7 Å². The summed E-state index contributed by atoms with van der Waals surface area (Å²) in [6.45, 7) is 5.63. The fourth-order valence-corrected chi connectivity index (χ4v) is 2.22. The second kappa shape index (κ2) is 8.96. The van der Waals surface area contributed by atoms with E-state index in [4.69, 9.17) is 10.5 Å². The summed E-state index contributed by atoms with van der Waals surface area (Å²) in [6, 6.07) is 15.0. The summed E-state index contributed by atoms with van der Waals surface area (Å²) in [6.07, 6.45) is 1.80. The molecule has 0 bridgehead atoms. The lowest BCUT2D eigenvalue weighted by Crippen LogP contribution is -2.25. The third kappa shape index (κ3) is 5.95. The van der Waals surface area contributed by atoms with Gasteiger partial charge in [-0.05, 0) is 60.7 Å². The third-order valence-electron chi connectivity index (χ3n) is 3.76. The Morgan fingerprint density at radius 2 is 1.75 bits per heavy atom. The smallest absolute Gasteiger partial charge is 0.251 e. The summed E-state index contributed by atoms with van der Waals surface area (Å²) in [5.74, 6) is 1.35. The first-order valence-corrected chi connectivity index (χ1v) is 8.40. The van der Waals surface area contributed by atoms with E-state index in [0.29, 0.717) is 24.6 Å². The van der Waals surface area contributed by atoms with Gasteiger partial charge >= 0.3 is 0 Å². The lowest BCUT2D eigenvalue weighted by atomic mass is 10.1. The molecule has 0 unspecified atom stereocenters. The summed E-state index contributed by atoms with van der Waals surface area (Å²) in [5, 5.41) is 2.93. The molecule has 1 amide bonds. The first-order valence-electron chi connectivity index (χ1n) is 8.40. The highest BCUT2D eigenvalue weighted by Gasteiger charge is 2.05. The number of nitrogen functional groups attached to an aromatic ring is 1. The Balaban J connectivity index is 1.76. The van der Waals surface area contributed by atoms with Crippen LogP contribution in [0.3, 0.4) is 0 Å². The number of ether oxygens (including phenoxy) is 1. The summed E-state index contributed by atoms with van der Waals surface area (Å²) >= 11 is 0. The van der Waals surface area contributed by atoms with E-state index in [1.807, 2.05) is 36.4 Å². The van der Waals surface area contributed by atoms with Crippen molar-refractivity contribution >= 4 is 11.6 Å². The number of nitrogens with two attached hydrogens (primary N) is 1. The SMILES string of the molecule is CC(C)CCOc1ccc(C(=O)NCCc2ccc(N)cc2)cc1. The van der Waals surface area contributed by atoms with Crippen LogP contribution in [-0.2, 0) is 6.42 Å². The number of carbonyl (C=O) groups is 1. The van der Waals surface area contributed by atoms with E-state index in [-0.39, 0.29) is 5.91 Å². The van der Waals surface area contributed by atoms with Gasteiger partial charge in [-0.1, -0.05) is 26.0 Å². The molecule has 0 aliphatic heterocycles. The molecule has 3 N–H and O–H groups in total. The van der Waals surface area contributed by atoms with Crippen molar-refractivity contribution in [2.45, 2.75) is 26.7 Å². The first-order chi connectivity index (χ1) is 11.5. The Kier molecular flexibility index (Phi) is 6.67. The van der Waals surface area contributed by atoms with Gasteiger partial charge in [0.15, 0.2) is 0 Å². The zero-order valence-electron chi connectivity index (χ0n) is 14.4. The van der Waals surface area contributed by atoms with Crippen LogP contribution < -0.4 is 15.8 Å². The van der Waals surface area contributed by atoms with E-state index in [1.165, 1.54) is 0 Å². The standard InChI is InChI=1S/C20H26N2O2/c1-15(2)12-14-24-19-9-5-17(6-10-19)20(23)22-13-11-16-3-7-18(21)8-4-16/h3-10,15H,11-14,21H2,1-2H3,(H,22,23). The summed E-state index contributed by atoms with van der Waals surface area (Å²) < 4.78 is 5.66. The lowest BCUT2D eigenvalue weighted by molar-refractivity contribution is 0.0954. The number of rotatable bonds is 8. The fraction of sp³-hybridized carbons (Fsp3) is 0.350. The minimum absolute atomic E-state index is 0.0702. The molecule has 0 aliphatic rings. The number of hydrogen-bond acceptors (Lipinski definition) is 3. The minimum atomic E-state index is -0.0702. The molecule has 24 heavy (non-hydrogen) atoms. The van der Waals surface area contributed by atoms with E-state index < -0.39 is 0 Å². The van der Waals surface area contributed by atoms with Crippen molar-refractivity contribution < 1.29 is 9.53 Å². The number of carbonyl (C=O) groups excluding carboxylic acids is 1. The molecule has 4 heteroatoms. The quantitative estimate of drug-likeness (QED) is 0.728. The molecule has 0 heterocycles. The molecule has 0 fully saturated rings. The Hall–Kier alpha value is -2.49. The van der Waals surface area contributed by atoms with Crippen LogP contribution >= 0.6 is 0 Å². The number of hydrogen-bond donors (Lipinski definition) is 2. The van der Waals surface area contributed by atoms with Crippen LogP contribution in [-0.4, -0.2) is 19.1 Å². The number of nitrogens with one attached hydrogen (secondary N) is 1. The maximum absolute atomic E-state index is 12.1. The summed E-state index contributed by atoms with van der Waals surface area (Å²) in [4.78, 5) is 12.1. The first kappa shape index (κ1) is 17.9. The lowest BCUT2D eigenvalue weighted by Gasteiger charge is -2.09. The van der Waals surface area contributed by atoms with Crippen molar-refractivity contribution in [1.29, 1.82) is 0 Å². The summed E-state index contributed by atoms with van der Waals surface area (Å²) in [7, 11) is 0. The molecule has 0 spiro atoms. The van der Waals surface area contributed by atoms with Crippen molar-refractivity contribution in [3.63, 3.8) is 0 Å². The van der Waals surface area contributed by atoms with Crippen molar-refractivity contribution in [2.75, 3.05) is 18.9 Å². The van der Waals surface area contributed by atoms with Crippen molar-refractivity contribution in [1.82, 2.24) is 5.32 Å². The molecule has 0 radical (unpaired) electrons. The Bertz CT molecular complexity index is 634. The molecule has 0 aromatic heterocycles. The largest absolute Gasteiger partial charge is 0.494 e. The zero-order valence-corrected chi connectivity index (χ0v) is 14.4. The minimum Gasteiger partial charge on any atom is -0.494 e. The van der Waals surface area contributed by atoms with Crippen LogP contribution in [0.25, 0.3) is 0 Å². The molecule has 0 saturated heterocycles. The molecule has 2 aromatic rings. The van der Waals surface area contributed by atoms with Crippen molar-refractivity contribution in [2.24, 2.45) is 5.92 Å². The van der Waals surface area contributed by atoms with Crippen LogP contribution in [0.5, 0.6) is 5.75 Å². The van der Waals surface area contributed by atoms with Crippen LogP contribution in [0.15, 0.2) is 48.5 Å². The monoisotopic (exact) mass is 326 g/mol. The van der Waals surface area contributed by atoms with E-state index in [0.717, 1.165) is 29.8 Å². The van der Waals surface area contributed by atoms with Gasteiger partial charge in [0.1, 0.15) is 5.75 Å². The number of benzene rings is 2. The van der Waals surface area contributed by atoms with Crippen molar-refractivity contribution in [3.8, 4) is 5.75 Å². The maximum atomic E-state index is 12.1. The van der Waals surface area contributed by atoms with Gasteiger partial charge in [0.05, 0.1) is 6.61 Å². The highest BCUT2D eigenvalue weighted by Crippen LogP contribution is 2.13. The van der Waals surface area contributed by atoms with E-state index in [2.05, 4.69) is 19.2 Å². The number of amides is 1. The normalized spacial score (nSPS) is 10.6. The van der Waals surface area contributed by atoms with Gasteiger partial charge in [-0.15, -0.1) is 0 Å². The second-order valence-electron chi connectivity index (χ2n) is 6.30. The van der Waals surface area contributed by atoms with E-state index >= 15 is 0 Å². The van der Waals surface area contributed by atoms with Gasteiger partial charge in [0.25, 0.3) is 5.91 Å². The second-order valence-corrected chi connectivity index (χ2v) is 6.30. The average molecular weight is 326 g/mol. The zero-order chi connectivity index (χ0) is 17.4. The molecular weight excluding hydrogens is 300 g/mol.